The van der Waals surface area contributed by atoms with Gasteiger partial charge in [-0.1, -0.05) is 0 Å². The van der Waals surface area contributed by atoms with E-state index in [1.165, 1.54) is 7.11 Å². The highest BCUT2D eigenvalue weighted by Crippen LogP contribution is 2.16. The Labute approximate surface area is 110 Å². The number of aliphatic carboxylic acids is 1. The van der Waals surface area contributed by atoms with Gasteiger partial charge in [-0.2, -0.15) is 0 Å². The van der Waals surface area contributed by atoms with E-state index in [2.05, 4.69) is 10.3 Å². The number of nitrogens with zero attached hydrogens (tertiary/aromatic N) is 1. The lowest BCUT2D eigenvalue weighted by Crippen LogP contribution is -2.27. The second-order valence-corrected chi connectivity index (χ2v) is 4.05. The summed E-state index contributed by atoms with van der Waals surface area (Å²) >= 11 is 0. The molecule has 19 heavy (non-hydrogen) atoms. The molecule has 0 radical (unpaired) electrons. The fourth-order valence-corrected chi connectivity index (χ4v) is 1.65. The highest BCUT2D eigenvalue weighted by atomic mass is 16.5. The number of carbonyl (C=O) groups excluding carboxylic acids is 1. The molecule has 7 heteroatoms. The van der Waals surface area contributed by atoms with Crippen LogP contribution in [0.1, 0.15) is 22.3 Å². The molecule has 0 aliphatic carbocycles. The molecule has 1 atom stereocenters. The fourth-order valence-electron chi connectivity index (χ4n) is 1.65. The molecule has 0 bridgehead atoms. The van der Waals surface area contributed by atoms with Gasteiger partial charge in [-0.3, -0.25) is 9.59 Å². The van der Waals surface area contributed by atoms with E-state index in [1.807, 2.05) is 0 Å². The number of hydrogen-bond acceptors (Lipinski definition) is 5. The van der Waals surface area contributed by atoms with E-state index in [-0.39, 0.29) is 13.0 Å². The maximum Gasteiger partial charge on any atom is 0.306 e. The number of methoxy groups -OCH3 is 1. The Kier molecular flexibility index (Phi) is 5.25. The van der Waals surface area contributed by atoms with E-state index in [1.54, 1.807) is 19.2 Å². The monoisotopic (exact) mass is 267 g/mol. The van der Waals surface area contributed by atoms with Crippen molar-refractivity contribution in [1.82, 2.24) is 4.98 Å². The minimum atomic E-state index is -0.957. The molecular weight excluding hydrogens is 250 g/mol. The Morgan fingerprint density at radius 3 is 2.79 bits per heavy atom. The molecule has 0 aromatic carbocycles. The summed E-state index contributed by atoms with van der Waals surface area (Å²) in [7, 11) is 1.42. The summed E-state index contributed by atoms with van der Waals surface area (Å²) in [4.78, 5) is 26.0. The maximum atomic E-state index is 11.4. The second-order valence-electron chi connectivity index (χ2n) is 4.05. The fraction of sp³-hybridized carbons (Fsp3) is 0.417. The molecule has 0 saturated heterocycles. The quantitative estimate of drug-likeness (QED) is 0.658. The predicted molar refractivity (Wildman–Crippen MR) is 69.0 cm³/mol. The van der Waals surface area contributed by atoms with Gasteiger partial charge in [-0.05, 0) is 18.6 Å². The van der Waals surface area contributed by atoms with Crippen LogP contribution in [0.25, 0.3) is 0 Å². The summed E-state index contributed by atoms with van der Waals surface area (Å²) in [5, 5.41) is 11.6. The topological polar surface area (TPSA) is 115 Å². The van der Waals surface area contributed by atoms with Crippen LogP contribution in [0, 0.1) is 6.92 Å². The van der Waals surface area contributed by atoms with Crippen LogP contribution in [0.2, 0.25) is 0 Å². The zero-order chi connectivity index (χ0) is 14.4. The van der Waals surface area contributed by atoms with Gasteiger partial charge in [-0.25, -0.2) is 4.98 Å². The maximum absolute atomic E-state index is 11.4. The van der Waals surface area contributed by atoms with Crippen molar-refractivity contribution in [3.05, 3.63) is 23.4 Å². The van der Waals surface area contributed by atoms with Crippen LogP contribution in [-0.2, 0) is 9.53 Å². The van der Waals surface area contributed by atoms with Crippen LogP contribution >= 0.6 is 0 Å². The van der Waals surface area contributed by atoms with E-state index < -0.39 is 18.0 Å². The first-order valence-corrected chi connectivity index (χ1v) is 5.69. The summed E-state index contributed by atoms with van der Waals surface area (Å²) in [5.41, 5.74) is 6.30. The SMILES string of the molecule is COC(CNc1nccc(C)c1C(N)=O)CC(=O)O. The number of primary amides is 1. The van der Waals surface area contributed by atoms with E-state index in [9.17, 15) is 9.59 Å². The standard InChI is InChI=1S/C12H17N3O4/c1-7-3-4-14-12(10(7)11(13)18)15-6-8(19-2)5-9(16)17/h3-4,8H,5-6H2,1-2H3,(H2,13,18)(H,14,15)(H,16,17). The van der Waals surface area contributed by atoms with Gasteiger partial charge in [0.05, 0.1) is 18.1 Å². The van der Waals surface area contributed by atoms with Crippen molar-refractivity contribution in [2.45, 2.75) is 19.4 Å². The van der Waals surface area contributed by atoms with Crippen LogP contribution < -0.4 is 11.1 Å². The molecule has 0 fully saturated rings. The molecule has 1 aromatic heterocycles. The number of carboxylic acid groups (broad SMARTS) is 1. The number of nitrogens with two attached hydrogens (primary N) is 1. The Hall–Kier alpha value is -2.15. The van der Waals surface area contributed by atoms with Crippen molar-refractivity contribution >= 4 is 17.7 Å². The molecular formula is C12H17N3O4. The zero-order valence-corrected chi connectivity index (χ0v) is 10.8. The molecule has 1 unspecified atom stereocenters. The van der Waals surface area contributed by atoms with E-state index in [4.69, 9.17) is 15.6 Å². The van der Waals surface area contributed by atoms with Crippen LogP contribution in [0.3, 0.4) is 0 Å². The van der Waals surface area contributed by atoms with Crippen LogP contribution in [0.15, 0.2) is 12.3 Å². The first-order valence-electron chi connectivity index (χ1n) is 5.69. The van der Waals surface area contributed by atoms with Gasteiger partial charge in [0.25, 0.3) is 5.91 Å². The number of aromatic nitrogens is 1. The normalized spacial score (nSPS) is 11.9. The number of ether oxygens (including phenoxy) is 1. The van der Waals surface area contributed by atoms with Crippen molar-refractivity contribution in [2.24, 2.45) is 5.73 Å². The molecule has 0 spiro atoms. The molecule has 1 aromatic rings. The summed E-state index contributed by atoms with van der Waals surface area (Å²) < 4.78 is 5.03. The third-order valence-electron chi connectivity index (χ3n) is 2.64. The third kappa shape index (κ3) is 4.22. The average Bonchev–Trinajstić information content (AvgIpc) is 2.33. The molecule has 0 saturated carbocycles. The Morgan fingerprint density at radius 1 is 1.58 bits per heavy atom. The summed E-state index contributed by atoms with van der Waals surface area (Å²) in [6, 6.07) is 1.68. The van der Waals surface area contributed by atoms with Crippen molar-refractivity contribution in [3.8, 4) is 0 Å². The van der Waals surface area contributed by atoms with Crippen molar-refractivity contribution < 1.29 is 19.4 Å². The number of amides is 1. The molecule has 4 N–H and O–H groups in total. The third-order valence-corrected chi connectivity index (χ3v) is 2.64. The minimum Gasteiger partial charge on any atom is -0.481 e. The van der Waals surface area contributed by atoms with E-state index in [0.717, 1.165) is 0 Å². The van der Waals surface area contributed by atoms with Gasteiger partial charge in [0.1, 0.15) is 5.82 Å². The van der Waals surface area contributed by atoms with Gasteiger partial charge >= 0.3 is 5.97 Å². The van der Waals surface area contributed by atoms with Crippen LogP contribution in [0.5, 0.6) is 0 Å². The summed E-state index contributed by atoms with van der Waals surface area (Å²) in [6.07, 6.45) is 0.894. The predicted octanol–water partition coefficient (Wildman–Crippen LogP) is 0.391. The number of carboxylic acids is 1. The summed E-state index contributed by atoms with van der Waals surface area (Å²) in [6.45, 7) is 1.97. The van der Waals surface area contributed by atoms with Gasteiger partial charge < -0.3 is 20.9 Å². The lowest BCUT2D eigenvalue weighted by atomic mass is 10.1. The first-order chi connectivity index (χ1) is 8.95. The number of hydrogen-bond donors (Lipinski definition) is 3. The zero-order valence-electron chi connectivity index (χ0n) is 10.8. The lowest BCUT2D eigenvalue weighted by Gasteiger charge is -2.16. The molecule has 1 amide bonds. The molecule has 1 heterocycles. The number of anilines is 1. The second kappa shape index (κ2) is 6.69. The summed E-state index contributed by atoms with van der Waals surface area (Å²) in [5.74, 6) is -1.21. The largest absolute Gasteiger partial charge is 0.481 e. The highest BCUT2D eigenvalue weighted by molar-refractivity contribution is 5.98. The minimum absolute atomic E-state index is 0.138. The molecule has 104 valence electrons. The smallest absolute Gasteiger partial charge is 0.306 e. The van der Waals surface area contributed by atoms with Gasteiger partial charge in [-0.15, -0.1) is 0 Å². The Bertz CT molecular complexity index is 476. The van der Waals surface area contributed by atoms with Gasteiger partial charge in [0.2, 0.25) is 0 Å². The Balaban J connectivity index is 2.79. The highest BCUT2D eigenvalue weighted by Gasteiger charge is 2.16. The van der Waals surface area contributed by atoms with Crippen LogP contribution in [0.4, 0.5) is 5.82 Å². The Morgan fingerprint density at radius 2 is 2.26 bits per heavy atom. The number of nitrogens with one attached hydrogen (secondary N) is 1. The number of aryl methyl sites for hydroxylation is 1. The number of rotatable bonds is 7. The average molecular weight is 267 g/mol. The van der Waals surface area contributed by atoms with E-state index in [0.29, 0.717) is 16.9 Å². The van der Waals surface area contributed by atoms with E-state index >= 15 is 0 Å². The molecule has 0 aliphatic rings. The van der Waals surface area contributed by atoms with Crippen LogP contribution in [-0.4, -0.2) is 41.7 Å². The van der Waals surface area contributed by atoms with Gasteiger partial charge in [0, 0.05) is 19.9 Å². The number of carbonyl (C=O) groups is 2. The molecule has 0 aliphatic heterocycles. The lowest BCUT2D eigenvalue weighted by molar-refractivity contribution is -0.139. The molecule has 1 rings (SSSR count). The number of pyridine rings is 1. The van der Waals surface area contributed by atoms with Crippen molar-refractivity contribution in [2.75, 3.05) is 19.0 Å². The van der Waals surface area contributed by atoms with Crippen molar-refractivity contribution in [3.63, 3.8) is 0 Å². The first kappa shape index (κ1) is 14.9. The van der Waals surface area contributed by atoms with Crippen molar-refractivity contribution in [1.29, 1.82) is 0 Å². The molecule has 7 nitrogen and oxygen atoms in total. The van der Waals surface area contributed by atoms with Gasteiger partial charge in [0.15, 0.2) is 0 Å².